The molecule has 2 fully saturated rings. The molecule has 2 aliphatic rings. The van der Waals surface area contributed by atoms with E-state index in [1.165, 1.54) is 6.42 Å². The van der Waals surface area contributed by atoms with Gasteiger partial charge in [0.15, 0.2) is 0 Å². The highest BCUT2D eigenvalue weighted by Crippen LogP contribution is 2.12. The van der Waals surface area contributed by atoms with E-state index in [1.807, 2.05) is 0 Å². The number of ether oxygens (including phenoxy) is 2. The van der Waals surface area contributed by atoms with E-state index in [0.717, 1.165) is 25.7 Å². The van der Waals surface area contributed by atoms with Gasteiger partial charge in [-0.1, -0.05) is 6.42 Å². The molecule has 4 heteroatoms. The van der Waals surface area contributed by atoms with Crippen LogP contribution in [-0.4, -0.2) is 24.6 Å². The van der Waals surface area contributed by atoms with Gasteiger partial charge in [-0.25, -0.2) is 4.79 Å². The first kappa shape index (κ1) is 11.0. The molecular formula is C10H16O4. The molecule has 0 radical (unpaired) electrons. The second-order valence-corrected chi connectivity index (χ2v) is 3.59. The number of Topliss-reactive ketones (excluding diaryl/α,β-unsaturated/α-hetero) is 1. The Morgan fingerprint density at radius 1 is 1.14 bits per heavy atom. The number of hydrogen-bond acceptors (Lipinski definition) is 4. The number of ketones is 1. The summed E-state index contributed by atoms with van der Waals surface area (Å²) in [5, 5.41) is 0. The zero-order valence-corrected chi connectivity index (χ0v) is 8.45. The predicted molar refractivity (Wildman–Crippen MR) is 50.0 cm³/mol. The summed E-state index contributed by atoms with van der Waals surface area (Å²) in [5.74, 6) is 0.464. The molecule has 1 aliphatic carbocycles. The van der Waals surface area contributed by atoms with Crippen molar-refractivity contribution < 1.29 is 19.1 Å². The molecule has 2 rings (SSSR count). The van der Waals surface area contributed by atoms with E-state index in [9.17, 15) is 9.59 Å². The lowest BCUT2D eigenvalue weighted by atomic mass is 10.00. The molecule has 1 aliphatic heterocycles. The Labute approximate surface area is 83.6 Å². The van der Waals surface area contributed by atoms with Crippen molar-refractivity contribution in [2.24, 2.45) is 0 Å². The van der Waals surface area contributed by atoms with Crippen LogP contribution in [0.2, 0.25) is 0 Å². The van der Waals surface area contributed by atoms with E-state index in [-0.39, 0.29) is 6.10 Å². The highest BCUT2D eigenvalue weighted by atomic mass is 16.8. The molecule has 0 bridgehead atoms. The van der Waals surface area contributed by atoms with Gasteiger partial charge in [-0.2, -0.15) is 0 Å². The van der Waals surface area contributed by atoms with Crippen molar-refractivity contribution in [3.63, 3.8) is 0 Å². The largest absolute Gasteiger partial charge is 0.508 e. The summed E-state index contributed by atoms with van der Waals surface area (Å²) >= 11 is 0. The fourth-order valence-electron chi connectivity index (χ4n) is 1.36. The monoisotopic (exact) mass is 200 g/mol. The third-order valence-electron chi connectivity index (χ3n) is 2.14. The van der Waals surface area contributed by atoms with E-state index < -0.39 is 6.16 Å². The Bertz CT molecular complexity index is 197. The minimum Gasteiger partial charge on any atom is -0.430 e. The third-order valence-corrected chi connectivity index (χ3v) is 2.14. The Balaban J connectivity index is 0.000000140. The van der Waals surface area contributed by atoms with Crippen molar-refractivity contribution in [3.8, 4) is 0 Å². The molecule has 1 saturated carbocycles. The molecule has 80 valence electrons. The summed E-state index contributed by atoms with van der Waals surface area (Å²) in [5.41, 5.74) is 0. The molecule has 14 heavy (non-hydrogen) atoms. The van der Waals surface area contributed by atoms with E-state index in [4.69, 9.17) is 0 Å². The van der Waals surface area contributed by atoms with E-state index >= 15 is 0 Å². The fourth-order valence-corrected chi connectivity index (χ4v) is 1.36. The average molecular weight is 200 g/mol. The summed E-state index contributed by atoms with van der Waals surface area (Å²) in [6.45, 7) is 2.18. The Morgan fingerprint density at radius 3 is 2.00 bits per heavy atom. The normalized spacial score (nSPS) is 25.9. The van der Waals surface area contributed by atoms with Gasteiger partial charge >= 0.3 is 6.16 Å². The molecule has 0 aromatic carbocycles. The zero-order valence-electron chi connectivity index (χ0n) is 8.45. The second-order valence-electron chi connectivity index (χ2n) is 3.59. The van der Waals surface area contributed by atoms with Gasteiger partial charge in [-0.15, -0.1) is 0 Å². The third kappa shape index (κ3) is 4.25. The van der Waals surface area contributed by atoms with Gasteiger partial charge in [0.25, 0.3) is 0 Å². The van der Waals surface area contributed by atoms with Crippen LogP contribution in [0, 0.1) is 0 Å². The number of cyclic esters (lactones) is 2. The van der Waals surface area contributed by atoms with Gasteiger partial charge in [-0.05, 0) is 19.8 Å². The molecule has 1 atom stereocenters. The SMILES string of the molecule is CC1COC(=O)O1.O=C1CCCCC1. The summed E-state index contributed by atoms with van der Waals surface area (Å²) < 4.78 is 8.90. The molecular weight excluding hydrogens is 184 g/mol. The average Bonchev–Trinajstić information content (AvgIpc) is 2.52. The molecule has 0 aromatic rings. The van der Waals surface area contributed by atoms with Gasteiger partial charge in [0.1, 0.15) is 18.5 Å². The summed E-state index contributed by atoms with van der Waals surface area (Å²) in [6, 6.07) is 0. The lowest BCUT2D eigenvalue weighted by Gasteiger charge is -2.05. The van der Waals surface area contributed by atoms with Crippen LogP contribution in [0.1, 0.15) is 39.0 Å². The van der Waals surface area contributed by atoms with Crippen LogP contribution >= 0.6 is 0 Å². The number of carbonyl (C=O) groups is 2. The van der Waals surface area contributed by atoms with E-state index in [2.05, 4.69) is 9.47 Å². The fraction of sp³-hybridized carbons (Fsp3) is 0.800. The van der Waals surface area contributed by atoms with Gasteiger partial charge < -0.3 is 9.47 Å². The number of hydrogen-bond donors (Lipinski definition) is 0. The van der Waals surface area contributed by atoms with Crippen molar-refractivity contribution >= 4 is 11.9 Å². The van der Waals surface area contributed by atoms with Crippen LogP contribution in [0.5, 0.6) is 0 Å². The number of carbonyl (C=O) groups excluding carboxylic acids is 2. The molecule has 0 spiro atoms. The minimum absolute atomic E-state index is 0.0486. The summed E-state index contributed by atoms with van der Waals surface area (Å²) in [6.07, 6.45) is 4.64. The second kappa shape index (κ2) is 5.62. The Kier molecular flexibility index (Phi) is 4.43. The van der Waals surface area contributed by atoms with Crippen molar-refractivity contribution in [1.82, 2.24) is 0 Å². The Hall–Kier alpha value is -1.06. The molecule has 1 heterocycles. The first-order valence-electron chi connectivity index (χ1n) is 5.03. The van der Waals surface area contributed by atoms with Crippen molar-refractivity contribution in [2.45, 2.75) is 45.1 Å². The highest BCUT2D eigenvalue weighted by molar-refractivity contribution is 5.78. The van der Waals surface area contributed by atoms with Crippen LogP contribution < -0.4 is 0 Å². The van der Waals surface area contributed by atoms with Gasteiger partial charge in [-0.3, -0.25) is 4.79 Å². The summed E-state index contributed by atoms with van der Waals surface area (Å²) in [7, 11) is 0. The maximum atomic E-state index is 10.5. The minimum atomic E-state index is -0.549. The van der Waals surface area contributed by atoms with Gasteiger partial charge in [0.2, 0.25) is 0 Å². The summed E-state index contributed by atoms with van der Waals surface area (Å²) in [4.78, 5) is 20.5. The standard InChI is InChI=1S/C6H10O.C4H6O3/c7-6-4-2-1-3-5-6;1-3-2-6-4(5)7-3/h1-5H2;3H,2H2,1H3. The maximum Gasteiger partial charge on any atom is 0.508 e. The molecule has 1 unspecified atom stereocenters. The van der Waals surface area contributed by atoms with E-state index in [1.54, 1.807) is 6.92 Å². The maximum absolute atomic E-state index is 10.5. The lowest BCUT2D eigenvalue weighted by molar-refractivity contribution is -0.120. The quantitative estimate of drug-likeness (QED) is 0.561. The highest BCUT2D eigenvalue weighted by Gasteiger charge is 2.19. The number of rotatable bonds is 0. The van der Waals surface area contributed by atoms with Gasteiger partial charge in [0, 0.05) is 12.8 Å². The molecule has 1 saturated heterocycles. The van der Waals surface area contributed by atoms with Crippen LogP contribution in [-0.2, 0) is 14.3 Å². The predicted octanol–water partition coefficient (Wildman–Crippen LogP) is 2.06. The lowest BCUT2D eigenvalue weighted by Crippen LogP contribution is -2.02. The van der Waals surface area contributed by atoms with Crippen LogP contribution in [0.3, 0.4) is 0 Å². The Morgan fingerprint density at radius 2 is 1.79 bits per heavy atom. The van der Waals surface area contributed by atoms with Crippen molar-refractivity contribution in [1.29, 1.82) is 0 Å². The van der Waals surface area contributed by atoms with Crippen molar-refractivity contribution in [2.75, 3.05) is 6.61 Å². The molecule has 0 amide bonds. The molecule has 0 N–H and O–H groups in total. The zero-order chi connectivity index (χ0) is 10.4. The smallest absolute Gasteiger partial charge is 0.430 e. The molecule has 4 nitrogen and oxygen atoms in total. The topological polar surface area (TPSA) is 52.6 Å². The molecule has 0 aromatic heterocycles. The first-order chi connectivity index (χ1) is 6.68. The van der Waals surface area contributed by atoms with Crippen LogP contribution in [0.25, 0.3) is 0 Å². The van der Waals surface area contributed by atoms with E-state index in [0.29, 0.717) is 12.4 Å². The first-order valence-corrected chi connectivity index (χ1v) is 5.03. The van der Waals surface area contributed by atoms with Crippen LogP contribution in [0.15, 0.2) is 0 Å². The van der Waals surface area contributed by atoms with Crippen molar-refractivity contribution in [3.05, 3.63) is 0 Å². The van der Waals surface area contributed by atoms with Crippen LogP contribution in [0.4, 0.5) is 4.79 Å². The van der Waals surface area contributed by atoms with Gasteiger partial charge in [0.05, 0.1) is 0 Å².